The van der Waals surface area contributed by atoms with Gasteiger partial charge in [0.25, 0.3) is 10.0 Å². The maximum Gasteiger partial charge on any atom is 0.260 e. The number of nitrogens with one attached hydrogen (secondary N) is 2. The second-order valence-corrected chi connectivity index (χ2v) is 6.58. The van der Waals surface area contributed by atoms with E-state index in [1.807, 2.05) is 0 Å². The Morgan fingerprint density at radius 3 is 3.00 bits per heavy atom. The number of sulfonamides is 1. The number of H-pyrrole nitrogens is 1. The van der Waals surface area contributed by atoms with E-state index in [-0.39, 0.29) is 11.1 Å². The lowest BCUT2D eigenvalue weighted by atomic mass is 10.1. The third-order valence-electron chi connectivity index (χ3n) is 3.66. The summed E-state index contributed by atoms with van der Waals surface area (Å²) < 4.78 is 26.5. The van der Waals surface area contributed by atoms with Crippen LogP contribution < -0.4 is 5.32 Å². The van der Waals surface area contributed by atoms with Crippen LogP contribution in [0.15, 0.2) is 11.2 Å². The molecule has 6 nitrogen and oxygen atoms in total. The molecule has 3 heterocycles. The molecular weight excluding hydrogens is 240 g/mol. The monoisotopic (exact) mass is 256 g/mol. The first kappa shape index (κ1) is 11.2. The van der Waals surface area contributed by atoms with E-state index < -0.39 is 10.0 Å². The van der Waals surface area contributed by atoms with Gasteiger partial charge in [-0.2, -0.15) is 4.31 Å². The third kappa shape index (κ3) is 1.69. The Balaban J connectivity index is 1.93. The molecule has 7 heteroatoms. The van der Waals surface area contributed by atoms with E-state index in [9.17, 15) is 8.42 Å². The summed E-state index contributed by atoms with van der Waals surface area (Å²) in [6.45, 7) is 4.07. The first-order valence-electron chi connectivity index (χ1n) is 5.83. The molecule has 2 fully saturated rings. The summed E-state index contributed by atoms with van der Waals surface area (Å²) in [4.78, 5) is 6.77. The minimum atomic E-state index is -3.40. The quantitative estimate of drug-likeness (QED) is 0.761. The van der Waals surface area contributed by atoms with Gasteiger partial charge < -0.3 is 10.3 Å². The van der Waals surface area contributed by atoms with E-state index >= 15 is 0 Å². The normalized spacial score (nSPS) is 29.7. The van der Waals surface area contributed by atoms with Crippen LogP contribution in [0.1, 0.15) is 12.2 Å². The van der Waals surface area contributed by atoms with Crippen molar-refractivity contribution in [1.82, 2.24) is 19.6 Å². The van der Waals surface area contributed by atoms with Crippen LogP contribution in [-0.4, -0.2) is 48.4 Å². The Morgan fingerprint density at radius 2 is 2.29 bits per heavy atom. The molecule has 0 radical (unpaired) electrons. The van der Waals surface area contributed by atoms with Gasteiger partial charge in [0.2, 0.25) is 0 Å². The van der Waals surface area contributed by atoms with Gasteiger partial charge in [-0.05, 0) is 25.8 Å². The van der Waals surface area contributed by atoms with Gasteiger partial charge >= 0.3 is 0 Å². The molecule has 0 amide bonds. The van der Waals surface area contributed by atoms with Gasteiger partial charge in [0.1, 0.15) is 5.82 Å². The maximum atomic E-state index is 12.4. The largest absolute Gasteiger partial charge is 0.332 e. The minimum Gasteiger partial charge on any atom is -0.332 e. The zero-order valence-electron chi connectivity index (χ0n) is 9.68. The van der Waals surface area contributed by atoms with E-state index in [0.717, 1.165) is 19.5 Å². The van der Waals surface area contributed by atoms with Gasteiger partial charge in [0.15, 0.2) is 5.03 Å². The summed E-state index contributed by atoms with van der Waals surface area (Å²) in [6.07, 6.45) is 2.35. The highest BCUT2D eigenvalue weighted by Crippen LogP contribution is 2.31. The summed E-state index contributed by atoms with van der Waals surface area (Å²) in [7, 11) is -3.40. The van der Waals surface area contributed by atoms with Crippen LogP contribution >= 0.6 is 0 Å². The molecule has 2 atom stereocenters. The van der Waals surface area contributed by atoms with Crippen LogP contribution in [0.2, 0.25) is 0 Å². The average Bonchev–Trinajstić information content (AvgIpc) is 2.89. The van der Waals surface area contributed by atoms with Crippen molar-refractivity contribution in [1.29, 1.82) is 0 Å². The molecule has 0 saturated carbocycles. The lowest BCUT2D eigenvalue weighted by Crippen LogP contribution is -2.39. The van der Waals surface area contributed by atoms with Crippen LogP contribution in [0.25, 0.3) is 0 Å². The fraction of sp³-hybridized carbons (Fsp3) is 0.700. The van der Waals surface area contributed by atoms with E-state index in [4.69, 9.17) is 0 Å². The van der Waals surface area contributed by atoms with Crippen molar-refractivity contribution in [2.75, 3.05) is 19.6 Å². The van der Waals surface area contributed by atoms with Crippen LogP contribution in [0.4, 0.5) is 0 Å². The highest BCUT2D eigenvalue weighted by molar-refractivity contribution is 7.89. The molecule has 2 aliphatic heterocycles. The molecule has 0 bridgehead atoms. The number of fused-ring (bicyclic) bond motifs is 1. The molecule has 2 aliphatic rings. The molecule has 1 aromatic rings. The van der Waals surface area contributed by atoms with Gasteiger partial charge in [-0.25, -0.2) is 13.4 Å². The predicted molar refractivity (Wildman–Crippen MR) is 62.0 cm³/mol. The summed E-state index contributed by atoms with van der Waals surface area (Å²) in [5.41, 5.74) is 0. The number of nitrogens with zero attached hydrogens (tertiary/aromatic N) is 2. The molecule has 2 N–H and O–H groups in total. The topological polar surface area (TPSA) is 78.1 Å². The summed E-state index contributed by atoms with van der Waals surface area (Å²) in [5.74, 6) is 1.10. The Hall–Kier alpha value is -0.920. The van der Waals surface area contributed by atoms with Crippen molar-refractivity contribution in [3.63, 3.8) is 0 Å². The molecule has 0 spiro atoms. The number of rotatable bonds is 2. The summed E-state index contributed by atoms with van der Waals surface area (Å²) in [5, 5.41) is 3.46. The smallest absolute Gasteiger partial charge is 0.260 e. The molecule has 17 heavy (non-hydrogen) atoms. The Labute approximate surface area is 100 Å². The molecule has 2 saturated heterocycles. The first-order valence-corrected chi connectivity index (χ1v) is 7.27. The Morgan fingerprint density at radius 1 is 1.47 bits per heavy atom. The van der Waals surface area contributed by atoms with Gasteiger partial charge in [-0.3, -0.25) is 0 Å². The van der Waals surface area contributed by atoms with Crippen LogP contribution in [-0.2, 0) is 10.0 Å². The SMILES string of the molecule is Cc1ncc(S(=O)(=O)N2CC[C@H]3CNC[C@H]32)[nH]1. The van der Waals surface area contributed by atoms with E-state index in [1.54, 1.807) is 11.2 Å². The average molecular weight is 256 g/mol. The number of hydrogen-bond acceptors (Lipinski definition) is 4. The minimum absolute atomic E-state index is 0.114. The second kappa shape index (κ2) is 3.79. The zero-order valence-corrected chi connectivity index (χ0v) is 10.5. The Bertz CT molecular complexity index is 524. The predicted octanol–water partition coefficient (Wildman–Crippen LogP) is -0.299. The zero-order chi connectivity index (χ0) is 12.0. The van der Waals surface area contributed by atoms with Gasteiger partial charge in [-0.15, -0.1) is 0 Å². The van der Waals surface area contributed by atoms with Crippen molar-refractivity contribution in [3.8, 4) is 0 Å². The molecule has 1 aromatic heterocycles. The fourth-order valence-electron chi connectivity index (χ4n) is 2.76. The molecule has 94 valence electrons. The lowest BCUT2D eigenvalue weighted by Gasteiger charge is -2.21. The van der Waals surface area contributed by atoms with Crippen LogP contribution in [0.3, 0.4) is 0 Å². The number of aromatic nitrogens is 2. The third-order valence-corrected chi connectivity index (χ3v) is 5.49. The summed E-state index contributed by atoms with van der Waals surface area (Å²) >= 11 is 0. The fourth-order valence-corrected chi connectivity index (χ4v) is 4.43. The number of aryl methyl sites for hydroxylation is 1. The van der Waals surface area contributed by atoms with Gasteiger partial charge in [0, 0.05) is 19.1 Å². The molecule has 0 aliphatic carbocycles. The van der Waals surface area contributed by atoms with Crippen molar-refractivity contribution in [2.45, 2.75) is 24.4 Å². The highest BCUT2D eigenvalue weighted by atomic mass is 32.2. The molecule has 3 rings (SSSR count). The van der Waals surface area contributed by atoms with E-state index in [1.165, 1.54) is 6.20 Å². The number of imidazole rings is 1. The number of hydrogen-bond donors (Lipinski definition) is 2. The summed E-state index contributed by atoms with van der Waals surface area (Å²) in [6, 6.07) is 0.114. The second-order valence-electron chi connectivity index (χ2n) is 4.72. The molecule has 0 aromatic carbocycles. The van der Waals surface area contributed by atoms with Gasteiger partial charge in [0.05, 0.1) is 6.20 Å². The van der Waals surface area contributed by atoms with Crippen molar-refractivity contribution >= 4 is 10.0 Å². The van der Waals surface area contributed by atoms with Gasteiger partial charge in [-0.1, -0.05) is 0 Å². The molecule has 0 unspecified atom stereocenters. The Kier molecular flexibility index (Phi) is 2.49. The lowest BCUT2D eigenvalue weighted by molar-refractivity contribution is 0.381. The van der Waals surface area contributed by atoms with Crippen LogP contribution in [0, 0.1) is 12.8 Å². The molecular formula is C10H16N4O2S. The first-order chi connectivity index (χ1) is 8.09. The van der Waals surface area contributed by atoms with E-state index in [2.05, 4.69) is 15.3 Å². The number of aromatic amines is 1. The highest BCUT2D eigenvalue weighted by Gasteiger charge is 2.44. The standard InChI is InChI=1S/C10H16N4O2S/c1-7-12-6-10(13-7)17(15,16)14-3-2-8-4-11-5-9(8)14/h6,8-9,11H,2-5H2,1H3,(H,12,13)/t8-,9+/m0/s1. The van der Waals surface area contributed by atoms with Crippen LogP contribution in [0.5, 0.6) is 0 Å². The maximum absolute atomic E-state index is 12.4. The van der Waals surface area contributed by atoms with Crippen molar-refractivity contribution < 1.29 is 8.42 Å². The van der Waals surface area contributed by atoms with Crippen molar-refractivity contribution in [3.05, 3.63) is 12.0 Å². The van der Waals surface area contributed by atoms with E-state index in [0.29, 0.717) is 18.3 Å². The van der Waals surface area contributed by atoms with Crippen molar-refractivity contribution in [2.24, 2.45) is 5.92 Å².